The number of nitrogens with zero attached hydrogens (tertiary/aromatic N) is 1. The van der Waals surface area contributed by atoms with Crippen molar-refractivity contribution in [1.82, 2.24) is 10.2 Å². The topological polar surface area (TPSA) is 58.6 Å². The monoisotopic (exact) mass is 384 g/mol. The van der Waals surface area contributed by atoms with Gasteiger partial charge in [-0.05, 0) is 44.4 Å². The van der Waals surface area contributed by atoms with Gasteiger partial charge in [-0.3, -0.25) is 0 Å². The molecule has 1 atom stereocenters. The van der Waals surface area contributed by atoms with Crippen LogP contribution in [0.4, 0.5) is 4.79 Å². The quantitative estimate of drug-likeness (QED) is 0.600. The van der Waals surface area contributed by atoms with Crippen molar-refractivity contribution in [2.45, 2.75) is 32.7 Å². The minimum atomic E-state index is -0.464. The van der Waals surface area contributed by atoms with Crippen molar-refractivity contribution in [3.63, 3.8) is 0 Å². The maximum atomic E-state index is 12.8. The Morgan fingerprint density at radius 3 is 2.59 bits per heavy atom. The molecule has 142 valence electrons. The van der Waals surface area contributed by atoms with Crippen LogP contribution in [-0.2, 0) is 16.0 Å². The van der Waals surface area contributed by atoms with E-state index < -0.39 is 6.04 Å². The van der Waals surface area contributed by atoms with E-state index in [0.717, 1.165) is 22.6 Å². The number of rotatable bonds is 6. The van der Waals surface area contributed by atoms with Gasteiger partial charge in [-0.1, -0.05) is 30.3 Å². The molecule has 3 rings (SSSR count). The number of thiophene rings is 1. The van der Waals surface area contributed by atoms with Gasteiger partial charge in [0, 0.05) is 22.5 Å². The van der Waals surface area contributed by atoms with E-state index in [9.17, 15) is 9.59 Å². The molecule has 6 heteroatoms. The van der Waals surface area contributed by atoms with Crippen LogP contribution in [-0.4, -0.2) is 30.6 Å². The first kappa shape index (κ1) is 19.2. The first-order valence-corrected chi connectivity index (χ1v) is 9.81. The molecule has 0 saturated heterocycles. The number of ether oxygens (including phenoxy) is 1. The fourth-order valence-corrected chi connectivity index (χ4v) is 4.02. The Labute approximate surface area is 163 Å². The van der Waals surface area contributed by atoms with Gasteiger partial charge >= 0.3 is 12.0 Å². The number of aryl methyl sites for hydroxylation is 2. The van der Waals surface area contributed by atoms with E-state index in [4.69, 9.17) is 4.74 Å². The lowest BCUT2D eigenvalue weighted by atomic mass is 10.0. The molecule has 5 nitrogen and oxygen atoms in total. The number of carbonyl (C=O) groups is 2. The summed E-state index contributed by atoms with van der Waals surface area (Å²) in [6.07, 6.45) is 1.61. The molecule has 0 fully saturated rings. The summed E-state index contributed by atoms with van der Waals surface area (Å²) >= 11 is 1.57. The molecule has 1 aromatic heterocycles. The van der Waals surface area contributed by atoms with Crippen molar-refractivity contribution in [2.75, 3.05) is 13.7 Å². The molecule has 0 spiro atoms. The number of hydrogen-bond acceptors (Lipinski definition) is 4. The van der Waals surface area contributed by atoms with Crippen molar-refractivity contribution in [3.8, 4) is 0 Å². The van der Waals surface area contributed by atoms with Gasteiger partial charge in [-0.2, -0.15) is 0 Å². The third kappa shape index (κ3) is 4.39. The maximum absolute atomic E-state index is 12.8. The standard InChI is InChI=1S/C21H24N2O3S/c1-14-11-12-17(27-14)19-18(15(2)23(3)21(25)22-19)20(24)26-13-7-10-16-8-5-4-6-9-16/h4-6,8-9,11-12,19H,7,10,13H2,1-3H3,(H,22,25)/t19-/m1/s1. The van der Waals surface area contributed by atoms with Crippen LogP contribution in [0.1, 0.15) is 34.7 Å². The molecule has 2 amide bonds. The first-order chi connectivity index (χ1) is 13.0. The molecule has 27 heavy (non-hydrogen) atoms. The third-order valence-electron chi connectivity index (χ3n) is 4.71. The molecule has 2 aromatic rings. The van der Waals surface area contributed by atoms with Crippen molar-refractivity contribution in [2.24, 2.45) is 0 Å². The van der Waals surface area contributed by atoms with Gasteiger partial charge in [0.05, 0.1) is 18.2 Å². The van der Waals surface area contributed by atoms with Crippen molar-refractivity contribution in [1.29, 1.82) is 0 Å². The Hall–Kier alpha value is -2.60. The Bertz CT molecular complexity index is 857. The number of allylic oxidation sites excluding steroid dienone is 1. The van der Waals surface area contributed by atoms with E-state index in [1.165, 1.54) is 10.5 Å². The second-order valence-corrected chi connectivity index (χ2v) is 7.93. The molecular weight excluding hydrogens is 360 g/mol. The molecule has 2 heterocycles. The molecule has 1 aromatic carbocycles. The van der Waals surface area contributed by atoms with Crippen LogP contribution in [0.15, 0.2) is 53.7 Å². The molecule has 0 saturated carbocycles. The summed E-state index contributed by atoms with van der Waals surface area (Å²) in [4.78, 5) is 28.5. The first-order valence-electron chi connectivity index (χ1n) is 8.99. The minimum Gasteiger partial charge on any atom is -0.462 e. The SMILES string of the molecule is CC1=C(C(=O)OCCCc2ccccc2)[C@@H](c2ccc(C)s2)NC(=O)N1C. The van der Waals surface area contributed by atoms with Gasteiger partial charge in [0.1, 0.15) is 0 Å². The molecule has 1 aliphatic heterocycles. The lowest BCUT2D eigenvalue weighted by Gasteiger charge is -2.32. The Balaban J connectivity index is 1.70. The van der Waals surface area contributed by atoms with Crippen LogP contribution in [0.2, 0.25) is 0 Å². The highest BCUT2D eigenvalue weighted by molar-refractivity contribution is 7.12. The average Bonchev–Trinajstić information content (AvgIpc) is 3.10. The summed E-state index contributed by atoms with van der Waals surface area (Å²) in [6, 6.07) is 13.4. The van der Waals surface area contributed by atoms with E-state index in [1.807, 2.05) is 37.3 Å². The van der Waals surface area contributed by atoms with Crippen LogP contribution < -0.4 is 5.32 Å². The van der Waals surface area contributed by atoms with Crippen LogP contribution in [0.3, 0.4) is 0 Å². The normalized spacial score (nSPS) is 17.1. The van der Waals surface area contributed by atoms with E-state index in [1.54, 1.807) is 25.3 Å². The summed E-state index contributed by atoms with van der Waals surface area (Å²) in [5.41, 5.74) is 2.35. The second kappa shape index (κ2) is 8.39. The van der Waals surface area contributed by atoms with Gasteiger partial charge in [-0.15, -0.1) is 11.3 Å². The smallest absolute Gasteiger partial charge is 0.338 e. The van der Waals surface area contributed by atoms with Crippen molar-refractivity contribution in [3.05, 3.63) is 69.1 Å². The third-order valence-corrected chi connectivity index (χ3v) is 5.77. The van der Waals surface area contributed by atoms with Gasteiger partial charge in [0.2, 0.25) is 0 Å². The number of hydrogen-bond donors (Lipinski definition) is 1. The van der Waals surface area contributed by atoms with Crippen LogP contribution >= 0.6 is 11.3 Å². The van der Waals surface area contributed by atoms with Gasteiger partial charge < -0.3 is 15.0 Å². The molecule has 0 bridgehead atoms. The highest BCUT2D eigenvalue weighted by Gasteiger charge is 2.35. The number of nitrogens with one attached hydrogen (secondary N) is 1. The molecule has 0 unspecified atom stereocenters. The fourth-order valence-electron chi connectivity index (χ4n) is 3.09. The average molecular weight is 385 g/mol. The predicted octanol–water partition coefficient (Wildman–Crippen LogP) is 4.20. The fraction of sp³-hybridized carbons (Fsp3) is 0.333. The summed E-state index contributed by atoms with van der Waals surface area (Å²) in [5.74, 6) is -0.372. The maximum Gasteiger partial charge on any atom is 0.338 e. The van der Waals surface area contributed by atoms with Gasteiger partial charge in [-0.25, -0.2) is 9.59 Å². The Kier molecular flexibility index (Phi) is 5.96. The molecule has 1 aliphatic rings. The van der Waals surface area contributed by atoms with Gasteiger partial charge in [0.25, 0.3) is 0 Å². The second-order valence-electron chi connectivity index (χ2n) is 6.61. The zero-order valence-electron chi connectivity index (χ0n) is 15.8. The highest BCUT2D eigenvalue weighted by Crippen LogP contribution is 2.34. The molecular formula is C21H24N2O3S. The van der Waals surface area contributed by atoms with Gasteiger partial charge in [0.15, 0.2) is 0 Å². The zero-order chi connectivity index (χ0) is 19.4. The summed E-state index contributed by atoms with van der Waals surface area (Å²) in [6.45, 7) is 4.13. The largest absolute Gasteiger partial charge is 0.462 e. The summed E-state index contributed by atoms with van der Waals surface area (Å²) < 4.78 is 5.55. The van der Waals surface area contributed by atoms with E-state index in [2.05, 4.69) is 17.4 Å². The number of esters is 1. The minimum absolute atomic E-state index is 0.218. The van der Waals surface area contributed by atoms with Crippen LogP contribution in [0.25, 0.3) is 0 Å². The highest BCUT2D eigenvalue weighted by atomic mass is 32.1. The predicted molar refractivity (Wildman–Crippen MR) is 107 cm³/mol. The number of benzene rings is 1. The van der Waals surface area contributed by atoms with E-state index >= 15 is 0 Å². The van der Waals surface area contributed by atoms with E-state index in [-0.39, 0.29) is 12.0 Å². The lowest BCUT2D eigenvalue weighted by Crippen LogP contribution is -2.46. The summed E-state index contributed by atoms with van der Waals surface area (Å²) in [5, 5.41) is 2.91. The Morgan fingerprint density at radius 1 is 1.19 bits per heavy atom. The van der Waals surface area contributed by atoms with Crippen molar-refractivity contribution >= 4 is 23.3 Å². The number of amides is 2. The van der Waals surface area contributed by atoms with Crippen LogP contribution in [0.5, 0.6) is 0 Å². The lowest BCUT2D eigenvalue weighted by molar-refractivity contribution is -0.139. The number of urea groups is 1. The Morgan fingerprint density at radius 2 is 1.93 bits per heavy atom. The van der Waals surface area contributed by atoms with Crippen molar-refractivity contribution < 1.29 is 14.3 Å². The zero-order valence-corrected chi connectivity index (χ0v) is 16.6. The number of carbonyl (C=O) groups excluding carboxylic acids is 2. The summed E-state index contributed by atoms with van der Waals surface area (Å²) in [7, 11) is 1.66. The van der Waals surface area contributed by atoms with E-state index in [0.29, 0.717) is 17.9 Å². The molecule has 0 radical (unpaired) electrons. The molecule has 1 N–H and O–H groups in total. The molecule has 0 aliphatic carbocycles. The van der Waals surface area contributed by atoms with Crippen LogP contribution in [0, 0.1) is 6.92 Å².